The molecule has 1 atom stereocenters. The van der Waals surface area contributed by atoms with Crippen molar-refractivity contribution in [2.24, 2.45) is 0 Å². The molecule has 1 unspecified atom stereocenters. The van der Waals surface area contributed by atoms with Crippen molar-refractivity contribution in [1.82, 2.24) is 0 Å². The van der Waals surface area contributed by atoms with E-state index in [1.165, 1.54) is 11.1 Å². The van der Waals surface area contributed by atoms with Crippen molar-refractivity contribution in [2.45, 2.75) is 33.3 Å². The third-order valence-electron chi connectivity index (χ3n) is 2.62. The fourth-order valence-corrected chi connectivity index (χ4v) is 1.90. The van der Waals surface area contributed by atoms with Crippen molar-refractivity contribution >= 4 is 11.6 Å². The third kappa shape index (κ3) is 2.28. The Balaban J connectivity index is 3.14. The van der Waals surface area contributed by atoms with Gasteiger partial charge < -0.3 is 4.74 Å². The van der Waals surface area contributed by atoms with Gasteiger partial charge in [0.05, 0.1) is 6.10 Å². The van der Waals surface area contributed by atoms with Gasteiger partial charge in [-0.15, -0.1) is 0 Å². The second-order valence-corrected chi connectivity index (χ2v) is 4.00. The normalized spacial score (nSPS) is 12.9. The van der Waals surface area contributed by atoms with Gasteiger partial charge in [0.15, 0.2) is 0 Å². The van der Waals surface area contributed by atoms with Crippen LogP contribution in [0.4, 0.5) is 0 Å². The second-order valence-electron chi connectivity index (χ2n) is 3.59. The Labute approximate surface area is 91.0 Å². The van der Waals surface area contributed by atoms with E-state index in [-0.39, 0.29) is 6.10 Å². The number of methoxy groups -OCH3 is 1. The van der Waals surface area contributed by atoms with Crippen LogP contribution in [0.25, 0.3) is 0 Å². The molecule has 0 aliphatic carbocycles. The number of hydrogen-bond donors (Lipinski definition) is 0. The first-order chi connectivity index (χ1) is 6.60. The molecule has 0 aliphatic rings. The number of ether oxygens (including phenoxy) is 1. The van der Waals surface area contributed by atoms with E-state index in [0.29, 0.717) is 0 Å². The molecule has 0 amide bonds. The molecule has 0 aliphatic heterocycles. The van der Waals surface area contributed by atoms with Crippen LogP contribution >= 0.6 is 11.6 Å². The van der Waals surface area contributed by atoms with Gasteiger partial charge in [0, 0.05) is 12.1 Å². The molecule has 0 saturated carbocycles. The lowest BCUT2D eigenvalue weighted by atomic mass is 10.0. The van der Waals surface area contributed by atoms with Crippen LogP contribution in [0.2, 0.25) is 5.02 Å². The summed E-state index contributed by atoms with van der Waals surface area (Å²) in [5.74, 6) is 0. The zero-order valence-electron chi connectivity index (χ0n) is 9.23. The highest BCUT2D eigenvalue weighted by Crippen LogP contribution is 2.29. The number of aryl methyl sites for hydroxylation is 2. The van der Waals surface area contributed by atoms with E-state index >= 15 is 0 Å². The molecule has 0 spiro atoms. The van der Waals surface area contributed by atoms with Crippen LogP contribution in [0.1, 0.15) is 36.1 Å². The van der Waals surface area contributed by atoms with E-state index < -0.39 is 0 Å². The van der Waals surface area contributed by atoms with Crippen molar-refractivity contribution in [3.8, 4) is 0 Å². The Bertz CT molecular complexity index is 316. The van der Waals surface area contributed by atoms with Gasteiger partial charge in [0.2, 0.25) is 0 Å². The summed E-state index contributed by atoms with van der Waals surface area (Å²) >= 11 is 6.17. The summed E-state index contributed by atoms with van der Waals surface area (Å²) in [6.07, 6.45) is 1.06. The number of hydrogen-bond acceptors (Lipinski definition) is 1. The van der Waals surface area contributed by atoms with E-state index in [2.05, 4.69) is 26.8 Å². The second kappa shape index (κ2) is 4.81. The first-order valence-electron chi connectivity index (χ1n) is 4.89. The topological polar surface area (TPSA) is 9.23 Å². The van der Waals surface area contributed by atoms with E-state index in [1.807, 2.05) is 6.07 Å². The molecule has 0 heterocycles. The van der Waals surface area contributed by atoms with Crippen LogP contribution in [0.3, 0.4) is 0 Å². The Morgan fingerprint density at radius 1 is 1.29 bits per heavy atom. The smallest absolute Gasteiger partial charge is 0.0833 e. The summed E-state index contributed by atoms with van der Waals surface area (Å²) in [5.41, 5.74) is 3.59. The molecule has 0 aromatic heterocycles. The van der Waals surface area contributed by atoms with E-state index in [9.17, 15) is 0 Å². The lowest BCUT2D eigenvalue weighted by Gasteiger charge is -2.16. The highest BCUT2D eigenvalue weighted by atomic mass is 35.5. The van der Waals surface area contributed by atoms with E-state index in [1.54, 1.807) is 7.11 Å². The lowest BCUT2D eigenvalue weighted by Crippen LogP contribution is -2.01. The highest BCUT2D eigenvalue weighted by Gasteiger charge is 2.12. The molecule has 0 radical (unpaired) electrons. The van der Waals surface area contributed by atoms with Crippen molar-refractivity contribution in [2.75, 3.05) is 7.11 Å². The van der Waals surface area contributed by atoms with Gasteiger partial charge in [0.1, 0.15) is 0 Å². The summed E-state index contributed by atoms with van der Waals surface area (Å²) in [4.78, 5) is 0. The zero-order valence-corrected chi connectivity index (χ0v) is 9.98. The molecule has 0 saturated heterocycles. The van der Waals surface area contributed by atoms with Crippen LogP contribution in [-0.2, 0) is 4.74 Å². The van der Waals surface area contributed by atoms with Crippen LogP contribution in [0, 0.1) is 13.8 Å². The summed E-state index contributed by atoms with van der Waals surface area (Å²) < 4.78 is 5.38. The molecular weight excluding hydrogens is 196 g/mol. The largest absolute Gasteiger partial charge is 0.377 e. The Morgan fingerprint density at radius 3 is 2.36 bits per heavy atom. The third-order valence-corrected chi connectivity index (χ3v) is 2.94. The van der Waals surface area contributed by atoms with Gasteiger partial charge in [-0.05, 0) is 43.0 Å². The standard InChI is InChI=1S/C12H17ClO/c1-5-12(14-4)10-6-8(2)9(3)7-11(10)13/h6-7,12H,5H2,1-4H3. The number of benzene rings is 1. The summed E-state index contributed by atoms with van der Waals surface area (Å²) in [6.45, 7) is 6.26. The predicted octanol–water partition coefficient (Wildman–Crippen LogP) is 4.05. The predicted molar refractivity (Wildman–Crippen MR) is 61.0 cm³/mol. The Morgan fingerprint density at radius 2 is 1.86 bits per heavy atom. The Hall–Kier alpha value is -0.530. The average Bonchev–Trinajstić information content (AvgIpc) is 2.15. The quantitative estimate of drug-likeness (QED) is 0.735. The Kier molecular flexibility index (Phi) is 3.97. The van der Waals surface area contributed by atoms with Gasteiger partial charge in [-0.2, -0.15) is 0 Å². The molecule has 2 heteroatoms. The molecule has 1 aromatic carbocycles. The fraction of sp³-hybridized carbons (Fsp3) is 0.500. The first-order valence-corrected chi connectivity index (χ1v) is 5.27. The minimum atomic E-state index is 0.113. The first kappa shape index (κ1) is 11.5. The van der Waals surface area contributed by atoms with Gasteiger partial charge >= 0.3 is 0 Å². The SMILES string of the molecule is CCC(OC)c1cc(C)c(C)cc1Cl. The molecule has 0 N–H and O–H groups in total. The van der Waals surface area contributed by atoms with Crippen molar-refractivity contribution in [3.05, 3.63) is 33.8 Å². The summed E-state index contributed by atoms with van der Waals surface area (Å²) in [6, 6.07) is 4.13. The van der Waals surface area contributed by atoms with Crippen molar-refractivity contribution in [1.29, 1.82) is 0 Å². The van der Waals surface area contributed by atoms with Gasteiger partial charge in [-0.1, -0.05) is 24.6 Å². The minimum Gasteiger partial charge on any atom is -0.377 e. The monoisotopic (exact) mass is 212 g/mol. The molecule has 1 rings (SSSR count). The van der Waals surface area contributed by atoms with Gasteiger partial charge in [-0.25, -0.2) is 0 Å². The molecule has 14 heavy (non-hydrogen) atoms. The number of halogens is 1. The zero-order chi connectivity index (χ0) is 10.7. The maximum Gasteiger partial charge on any atom is 0.0833 e. The van der Waals surface area contributed by atoms with Crippen LogP contribution in [0.15, 0.2) is 12.1 Å². The van der Waals surface area contributed by atoms with Gasteiger partial charge in [-0.3, -0.25) is 0 Å². The highest BCUT2D eigenvalue weighted by molar-refractivity contribution is 6.31. The average molecular weight is 213 g/mol. The van der Waals surface area contributed by atoms with Crippen LogP contribution in [-0.4, -0.2) is 7.11 Å². The fourth-order valence-electron chi connectivity index (χ4n) is 1.56. The van der Waals surface area contributed by atoms with Crippen LogP contribution < -0.4 is 0 Å². The molecule has 78 valence electrons. The summed E-state index contributed by atoms with van der Waals surface area (Å²) in [7, 11) is 1.72. The lowest BCUT2D eigenvalue weighted by molar-refractivity contribution is 0.100. The minimum absolute atomic E-state index is 0.113. The number of rotatable bonds is 3. The van der Waals surface area contributed by atoms with Crippen molar-refractivity contribution in [3.63, 3.8) is 0 Å². The maximum absolute atomic E-state index is 6.17. The molecule has 1 nitrogen and oxygen atoms in total. The molecular formula is C12H17ClO. The van der Waals surface area contributed by atoms with E-state index in [4.69, 9.17) is 16.3 Å². The van der Waals surface area contributed by atoms with Gasteiger partial charge in [0.25, 0.3) is 0 Å². The maximum atomic E-state index is 6.17. The van der Waals surface area contributed by atoms with E-state index in [0.717, 1.165) is 17.0 Å². The summed E-state index contributed by atoms with van der Waals surface area (Å²) in [5, 5.41) is 0.807. The molecule has 0 fully saturated rings. The van der Waals surface area contributed by atoms with Crippen molar-refractivity contribution < 1.29 is 4.74 Å². The molecule has 0 bridgehead atoms. The molecule has 1 aromatic rings. The van der Waals surface area contributed by atoms with Crippen LogP contribution in [0.5, 0.6) is 0 Å².